The second-order valence-electron chi connectivity index (χ2n) is 16.4. The van der Waals surface area contributed by atoms with E-state index in [1.54, 1.807) is 0 Å². The van der Waals surface area contributed by atoms with Crippen LogP contribution in [0.1, 0.15) is 166 Å². The first kappa shape index (κ1) is 63.0. The molecule has 3 aromatic carbocycles. The van der Waals surface area contributed by atoms with Crippen LogP contribution in [0.15, 0.2) is 78.9 Å². The third kappa shape index (κ3) is 27.1. The number of ether oxygens (including phenoxy) is 3. The van der Waals surface area contributed by atoms with Crippen LogP contribution < -0.4 is 68.6 Å². The summed E-state index contributed by atoms with van der Waals surface area (Å²) in [7, 11) is -8.67. The molecule has 0 radical (unpaired) electrons. The molecule has 0 spiro atoms. The topological polar surface area (TPSA) is 145 Å². The van der Waals surface area contributed by atoms with Crippen LogP contribution in [0.25, 0.3) is 0 Å². The van der Waals surface area contributed by atoms with Gasteiger partial charge in [-0.1, -0.05) is 166 Å². The van der Waals surface area contributed by atoms with Crippen molar-refractivity contribution in [3.05, 3.63) is 95.6 Å². The van der Waals surface area contributed by atoms with E-state index in [1.807, 2.05) is 42.5 Å². The van der Waals surface area contributed by atoms with Crippen LogP contribution in [0.2, 0.25) is 0 Å². The van der Waals surface area contributed by atoms with Crippen molar-refractivity contribution in [2.75, 3.05) is 51.0 Å². The summed E-state index contributed by atoms with van der Waals surface area (Å²) in [5.41, 5.74) is 1.73. The van der Waals surface area contributed by atoms with E-state index in [0.29, 0.717) is 45.7 Å². The molecule has 0 fully saturated rings. The van der Waals surface area contributed by atoms with Crippen molar-refractivity contribution in [3.8, 4) is 11.5 Å². The molecule has 0 aliphatic carbocycles. The predicted molar refractivity (Wildman–Crippen MR) is 252 cm³/mol. The second-order valence-corrected chi connectivity index (χ2v) is 19.4. The van der Waals surface area contributed by atoms with Gasteiger partial charge in [0.15, 0.2) is 0 Å². The van der Waals surface area contributed by atoms with Crippen LogP contribution in [0.5, 0.6) is 11.5 Å². The average Bonchev–Trinajstić information content (AvgIpc) is 3.24. The smallest absolute Gasteiger partial charge is 0.748 e. The standard InChI is InChI=1S/C49H77NO9S2.CH4.2Na/c1-3-5-7-9-11-13-15-22-39-57-47-32-28-45(29-33-47)49(44-26-18-17-19-27-44,46-30-34-48(35-31-46)58-40-23-16-14-12-10-8-6-4-2)59-41-38-50(36-20-24-42-60(51,52)53)37-21-25-43-61(54,55)56;;;/h17-19,26-35H,3-16,20-25,36-43H2,1-2H3,(H,51,52,53)(H,54,55,56);1H4;;/q;;2*+1/p-2. The fraction of sp³-hybridized carbons (Fsp3) is 0.640. The summed E-state index contributed by atoms with van der Waals surface area (Å²) in [5.74, 6) is 0.704. The zero-order valence-corrected chi connectivity index (χ0v) is 44.9. The number of benzene rings is 3. The molecule has 0 aliphatic heterocycles. The number of nitrogens with zero attached hydrogens (tertiary/aromatic N) is 1. The Bertz CT molecular complexity index is 1680. The van der Waals surface area contributed by atoms with Crippen molar-refractivity contribution in [2.45, 2.75) is 155 Å². The normalized spacial score (nSPS) is 11.7. The first-order valence-corrected chi connectivity index (χ1v) is 26.4. The first-order valence-electron chi connectivity index (χ1n) is 23.2. The summed E-state index contributed by atoms with van der Waals surface area (Å²) in [6.07, 6.45) is 21.1. The molecule has 0 unspecified atom stereocenters. The fourth-order valence-electron chi connectivity index (χ4n) is 7.74. The van der Waals surface area contributed by atoms with Crippen LogP contribution >= 0.6 is 0 Å². The molecule has 14 heteroatoms. The van der Waals surface area contributed by atoms with Gasteiger partial charge in [0.1, 0.15) is 17.1 Å². The Hall–Kier alpha value is -1.000. The maximum Gasteiger partial charge on any atom is 1.00 e. The molecule has 0 aliphatic rings. The van der Waals surface area contributed by atoms with Crippen LogP contribution in [0.3, 0.4) is 0 Å². The van der Waals surface area contributed by atoms with Gasteiger partial charge >= 0.3 is 59.1 Å². The average molecular weight is 948 g/mol. The maximum atomic E-state index is 11.3. The third-order valence-corrected chi connectivity index (χ3v) is 12.8. The maximum absolute atomic E-state index is 11.3. The van der Waals surface area contributed by atoms with Gasteiger partial charge in [-0.3, -0.25) is 0 Å². The minimum atomic E-state index is -4.33. The molecule has 0 bridgehead atoms. The molecule has 0 amide bonds. The van der Waals surface area contributed by atoms with E-state index in [4.69, 9.17) is 14.2 Å². The molecule has 0 N–H and O–H groups in total. The first-order chi connectivity index (χ1) is 29.5. The van der Waals surface area contributed by atoms with Gasteiger partial charge in [-0.15, -0.1) is 0 Å². The summed E-state index contributed by atoms with van der Waals surface area (Å²) >= 11 is 0. The predicted octanol–water partition coefficient (Wildman–Crippen LogP) is 5.63. The van der Waals surface area contributed by atoms with Crippen molar-refractivity contribution in [1.29, 1.82) is 0 Å². The molecule has 3 aromatic rings. The molecule has 352 valence electrons. The molecule has 10 nitrogen and oxygen atoms in total. The molecule has 0 saturated heterocycles. The van der Waals surface area contributed by atoms with Crippen LogP contribution in [-0.2, 0) is 30.6 Å². The van der Waals surface area contributed by atoms with E-state index >= 15 is 0 Å². The van der Waals surface area contributed by atoms with Gasteiger partial charge in [0.05, 0.1) is 40.1 Å². The van der Waals surface area contributed by atoms with Gasteiger partial charge in [-0.05, 0) is 92.6 Å². The van der Waals surface area contributed by atoms with E-state index in [0.717, 1.165) is 53.9 Å². The number of hydrogen-bond acceptors (Lipinski definition) is 10. The van der Waals surface area contributed by atoms with Gasteiger partial charge in [0.25, 0.3) is 0 Å². The number of hydrogen-bond donors (Lipinski definition) is 0. The van der Waals surface area contributed by atoms with E-state index in [2.05, 4.69) is 55.1 Å². The van der Waals surface area contributed by atoms with Crippen molar-refractivity contribution < 1.29 is 99.3 Å². The monoisotopic (exact) mass is 947 g/mol. The zero-order valence-electron chi connectivity index (χ0n) is 39.2. The van der Waals surface area contributed by atoms with E-state index in [1.165, 1.54) is 77.0 Å². The van der Waals surface area contributed by atoms with Crippen molar-refractivity contribution in [1.82, 2.24) is 4.90 Å². The summed E-state index contributed by atoms with van der Waals surface area (Å²) < 4.78 is 87.2. The van der Waals surface area contributed by atoms with E-state index in [9.17, 15) is 25.9 Å². The summed E-state index contributed by atoms with van der Waals surface area (Å²) in [4.78, 5) is 2.08. The van der Waals surface area contributed by atoms with Gasteiger partial charge in [0, 0.05) is 18.1 Å². The molecule has 0 saturated carbocycles. The summed E-state index contributed by atoms with van der Waals surface area (Å²) in [5, 5.41) is 0. The third-order valence-electron chi connectivity index (χ3n) is 11.2. The molecule has 0 atom stereocenters. The van der Waals surface area contributed by atoms with Gasteiger partial charge in [0.2, 0.25) is 0 Å². The van der Waals surface area contributed by atoms with Gasteiger partial charge in [-0.2, -0.15) is 0 Å². The Morgan fingerprint density at radius 1 is 0.453 bits per heavy atom. The molecule has 3 rings (SSSR count). The van der Waals surface area contributed by atoms with Gasteiger partial charge < -0.3 is 28.2 Å². The number of unbranched alkanes of at least 4 members (excludes halogenated alkanes) is 16. The number of rotatable bonds is 37. The minimum absolute atomic E-state index is 0. The SMILES string of the molecule is C.CCCCCCCCCCOc1ccc(C(OCCN(CCCCS(=O)(=O)[O-])CCCCS(=O)(=O)[O-])(c2ccccc2)c2ccc(OCCCCCCCCCC)cc2)cc1.[Na+].[Na+]. The quantitative estimate of drug-likeness (QED) is 0.0309. The van der Waals surface area contributed by atoms with Crippen LogP contribution in [0, 0.1) is 0 Å². The van der Waals surface area contributed by atoms with E-state index in [-0.39, 0.29) is 86.0 Å². The molecule has 0 heterocycles. The largest absolute Gasteiger partial charge is 1.00 e. The van der Waals surface area contributed by atoms with Crippen LogP contribution in [0.4, 0.5) is 0 Å². The van der Waals surface area contributed by atoms with Crippen LogP contribution in [-0.4, -0.2) is 81.8 Å². The van der Waals surface area contributed by atoms with Crippen molar-refractivity contribution in [2.24, 2.45) is 0 Å². The Labute approximate surface area is 433 Å². The zero-order chi connectivity index (χ0) is 44.1. The minimum Gasteiger partial charge on any atom is -0.748 e. The van der Waals surface area contributed by atoms with Crippen molar-refractivity contribution in [3.63, 3.8) is 0 Å². The summed E-state index contributed by atoms with van der Waals surface area (Å²) in [6.45, 7) is 7.48. The molecule has 0 aromatic heterocycles. The molecular weight excluding hydrogens is 869 g/mol. The Morgan fingerprint density at radius 2 is 0.812 bits per heavy atom. The Morgan fingerprint density at radius 3 is 1.19 bits per heavy atom. The fourth-order valence-corrected chi connectivity index (χ4v) is 8.85. The van der Waals surface area contributed by atoms with Gasteiger partial charge in [-0.25, -0.2) is 16.8 Å². The second kappa shape index (κ2) is 37.0. The van der Waals surface area contributed by atoms with Crippen molar-refractivity contribution >= 4 is 20.2 Å². The summed E-state index contributed by atoms with van der Waals surface area (Å²) in [6, 6.07) is 26.4. The van der Waals surface area contributed by atoms with E-state index < -0.39 is 37.3 Å². The molecule has 64 heavy (non-hydrogen) atoms. The Kier molecular flexibility index (Phi) is 36.4. The Balaban J connectivity index is 0.0000132. The molecular formula is C50H79NNa2O9S2.